The number of hydrogen-bond donors (Lipinski definition) is 3. The molecule has 0 spiro atoms. The van der Waals surface area contributed by atoms with Gasteiger partial charge in [0.25, 0.3) is 0 Å². The van der Waals surface area contributed by atoms with Gasteiger partial charge in [-0.05, 0) is 39.5 Å². The Morgan fingerprint density at radius 1 is 0.944 bits per heavy atom. The topological polar surface area (TPSA) is 78.4 Å². The Bertz CT molecular complexity index is 328. The zero-order valence-electron chi connectivity index (χ0n) is 12.5. The van der Waals surface area contributed by atoms with Gasteiger partial charge < -0.3 is 15.7 Å². The van der Waals surface area contributed by atoms with E-state index in [2.05, 4.69) is 31.4 Å². The van der Waals surface area contributed by atoms with Crippen LogP contribution < -0.4 is 10.6 Å². The summed E-state index contributed by atoms with van der Waals surface area (Å²) in [6.45, 7) is 13.0. The number of urea groups is 1. The molecule has 0 rings (SSSR count). The van der Waals surface area contributed by atoms with Crippen molar-refractivity contribution in [2.45, 2.75) is 66.0 Å². The minimum atomic E-state index is -1.28. The van der Waals surface area contributed by atoms with Crippen LogP contribution in [-0.2, 0) is 4.79 Å². The second-order valence-corrected chi connectivity index (χ2v) is 7.13. The number of carbonyl (C=O) groups is 2. The summed E-state index contributed by atoms with van der Waals surface area (Å²) in [5.74, 6) is -1.06. The van der Waals surface area contributed by atoms with E-state index >= 15 is 0 Å². The molecule has 0 atom stereocenters. The van der Waals surface area contributed by atoms with Gasteiger partial charge in [0.15, 0.2) is 0 Å². The van der Waals surface area contributed by atoms with Gasteiger partial charge in [-0.25, -0.2) is 9.59 Å². The fourth-order valence-electron chi connectivity index (χ4n) is 2.05. The zero-order chi connectivity index (χ0) is 14.8. The lowest BCUT2D eigenvalue weighted by atomic mass is 9.82. The van der Waals surface area contributed by atoms with Crippen LogP contribution in [0.2, 0.25) is 0 Å². The molecular formula is C13H26N2O3. The molecule has 5 nitrogen and oxygen atoms in total. The number of aliphatic carboxylic acids is 1. The molecule has 0 heterocycles. The minimum absolute atomic E-state index is 0.0824. The summed E-state index contributed by atoms with van der Waals surface area (Å²) < 4.78 is 0. The molecule has 0 radical (unpaired) electrons. The maximum Gasteiger partial charge on any atom is 0.328 e. The van der Waals surface area contributed by atoms with Gasteiger partial charge >= 0.3 is 12.0 Å². The number of carbonyl (C=O) groups excluding carboxylic acids is 1. The van der Waals surface area contributed by atoms with E-state index in [1.807, 2.05) is 13.8 Å². The Morgan fingerprint density at radius 2 is 1.39 bits per heavy atom. The molecule has 0 aromatic heterocycles. The summed E-state index contributed by atoms with van der Waals surface area (Å²) in [4.78, 5) is 22.7. The number of nitrogens with one attached hydrogen (secondary N) is 2. The first-order chi connectivity index (χ1) is 7.75. The molecule has 0 unspecified atom stereocenters. The van der Waals surface area contributed by atoms with Gasteiger partial charge in [0, 0.05) is 5.54 Å². The fraction of sp³-hybridized carbons (Fsp3) is 0.846. The van der Waals surface area contributed by atoms with Crippen molar-refractivity contribution in [1.29, 1.82) is 0 Å². The van der Waals surface area contributed by atoms with E-state index in [4.69, 9.17) is 5.11 Å². The smallest absolute Gasteiger partial charge is 0.328 e. The quantitative estimate of drug-likeness (QED) is 0.724. The maximum atomic E-state index is 11.8. The van der Waals surface area contributed by atoms with Crippen molar-refractivity contribution in [3.8, 4) is 0 Å². The van der Waals surface area contributed by atoms with E-state index in [9.17, 15) is 9.59 Å². The van der Waals surface area contributed by atoms with Crippen molar-refractivity contribution in [2.75, 3.05) is 0 Å². The molecule has 0 aliphatic carbocycles. The van der Waals surface area contributed by atoms with Crippen LogP contribution in [0.5, 0.6) is 0 Å². The molecule has 18 heavy (non-hydrogen) atoms. The summed E-state index contributed by atoms with van der Waals surface area (Å²) in [7, 11) is 0. The highest BCUT2D eigenvalue weighted by atomic mass is 16.4. The normalized spacial score (nSPS) is 13.1. The van der Waals surface area contributed by atoms with Gasteiger partial charge in [-0.1, -0.05) is 20.8 Å². The van der Waals surface area contributed by atoms with Crippen molar-refractivity contribution in [1.82, 2.24) is 10.6 Å². The largest absolute Gasteiger partial charge is 0.480 e. The van der Waals surface area contributed by atoms with E-state index < -0.39 is 23.1 Å². The van der Waals surface area contributed by atoms with Crippen LogP contribution in [0.3, 0.4) is 0 Å². The van der Waals surface area contributed by atoms with Crippen molar-refractivity contribution in [2.24, 2.45) is 5.41 Å². The van der Waals surface area contributed by atoms with Crippen LogP contribution in [0, 0.1) is 5.41 Å². The number of hydrogen-bond acceptors (Lipinski definition) is 2. The molecule has 0 fully saturated rings. The summed E-state index contributed by atoms with van der Waals surface area (Å²) in [5, 5.41) is 14.2. The predicted octanol–water partition coefficient (Wildman–Crippen LogP) is 2.36. The molecule has 0 aliphatic rings. The molecule has 5 heteroatoms. The van der Waals surface area contributed by atoms with Gasteiger partial charge in [0.05, 0.1) is 0 Å². The first kappa shape index (κ1) is 16.7. The number of carboxylic acid groups (broad SMARTS) is 1. The zero-order valence-corrected chi connectivity index (χ0v) is 12.5. The third kappa shape index (κ3) is 6.47. The van der Waals surface area contributed by atoms with Gasteiger partial charge in [-0.2, -0.15) is 0 Å². The number of rotatable bonds is 4. The third-order valence-corrected chi connectivity index (χ3v) is 2.38. The SMILES string of the molecule is CC(C)(C)CC(C)(C)NC(=O)NC(C)(C)C(=O)O. The Labute approximate surface area is 109 Å². The molecule has 2 amide bonds. The van der Waals surface area contributed by atoms with Crippen LogP contribution in [0.15, 0.2) is 0 Å². The molecule has 0 bridgehead atoms. The van der Waals surface area contributed by atoms with Crippen molar-refractivity contribution in [3.63, 3.8) is 0 Å². The average molecular weight is 258 g/mol. The lowest BCUT2D eigenvalue weighted by Crippen LogP contribution is -2.57. The molecule has 0 saturated carbocycles. The lowest BCUT2D eigenvalue weighted by Gasteiger charge is -2.34. The van der Waals surface area contributed by atoms with Gasteiger partial charge in [-0.3, -0.25) is 0 Å². The van der Waals surface area contributed by atoms with Crippen LogP contribution in [0.25, 0.3) is 0 Å². The molecule has 0 aromatic rings. The van der Waals surface area contributed by atoms with Gasteiger partial charge in [0.2, 0.25) is 0 Å². The number of carboxylic acids is 1. The van der Waals surface area contributed by atoms with Gasteiger partial charge in [0.1, 0.15) is 5.54 Å². The molecule has 0 aliphatic heterocycles. The maximum absolute atomic E-state index is 11.8. The average Bonchev–Trinajstić information content (AvgIpc) is 1.94. The highest BCUT2D eigenvalue weighted by molar-refractivity contribution is 5.85. The third-order valence-electron chi connectivity index (χ3n) is 2.38. The molecule has 106 valence electrons. The monoisotopic (exact) mass is 258 g/mol. The Hall–Kier alpha value is -1.26. The summed E-state index contributed by atoms with van der Waals surface area (Å²) in [6.07, 6.45) is 0.793. The Balaban J connectivity index is 4.54. The Morgan fingerprint density at radius 3 is 1.72 bits per heavy atom. The first-order valence-corrected chi connectivity index (χ1v) is 6.09. The lowest BCUT2D eigenvalue weighted by molar-refractivity contribution is -0.142. The summed E-state index contributed by atoms with van der Waals surface area (Å²) in [6, 6.07) is -0.461. The summed E-state index contributed by atoms with van der Waals surface area (Å²) >= 11 is 0. The van der Waals surface area contributed by atoms with Crippen molar-refractivity contribution >= 4 is 12.0 Å². The highest BCUT2D eigenvalue weighted by Crippen LogP contribution is 2.26. The van der Waals surface area contributed by atoms with E-state index in [1.165, 1.54) is 13.8 Å². The van der Waals surface area contributed by atoms with Crippen molar-refractivity contribution < 1.29 is 14.7 Å². The molecular weight excluding hydrogens is 232 g/mol. The van der Waals surface area contributed by atoms with E-state index in [0.717, 1.165) is 6.42 Å². The number of amides is 2. The van der Waals surface area contributed by atoms with Crippen LogP contribution in [0.4, 0.5) is 4.79 Å². The second kappa shape index (κ2) is 5.16. The van der Waals surface area contributed by atoms with Crippen LogP contribution >= 0.6 is 0 Å². The van der Waals surface area contributed by atoms with Crippen LogP contribution in [0.1, 0.15) is 54.9 Å². The van der Waals surface area contributed by atoms with E-state index in [0.29, 0.717) is 0 Å². The molecule has 0 aromatic carbocycles. The van der Waals surface area contributed by atoms with E-state index in [1.54, 1.807) is 0 Å². The standard InChI is InChI=1S/C13H26N2O3/c1-11(2,3)8-12(4,5)14-10(18)15-13(6,7)9(16)17/h8H2,1-7H3,(H,16,17)(H2,14,15,18). The fourth-order valence-corrected chi connectivity index (χ4v) is 2.05. The van der Waals surface area contributed by atoms with Gasteiger partial charge in [-0.15, -0.1) is 0 Å². The highest BCUT2D eigenvalue weighted by Gasteiger charge is 2.32. The van der Waals surface area contributed by atoms with E-state index in [-0.39, 0.29) is 5.41 Å². The van der Waals surface area contributed by atoms with Crippen molar-refractivity contribution in [3.05, 3.63) is 0 Å². The first-order valence-electron chi connectivity index (χ1n) is 6.09. The molecule has 0 saturated heterocycles. The second-order valence-electron chi connectivity index (χ2n) is 7.13. The van der Waals surface area contributed by atoms with Crippen LogP contribution in [-0.4, -0.2) is 28.2 Å². The minimum Gasteiger partial charge on any atom is -0.480 e. The Kier molecular flexibility index (Phi) is 4.80. The predicted molar refractivity (Wildman–Crippen MR) is 71.5 cm³/mol. The molecule has 3 N–H and O–H groups in total. The summed E-state index contributed by atoms with van der Waals surface area (Å²) in [5.41, 5.74) is -1.59.